The van der Waals surface area contributed by atoms with Gasteiger partial charge in [-0.2, -0.15) is 0 Å². The van der Waals surface area contributed by atoms with Crippen LogP contribution in [0.3, 0.4) is 0 Å². The Hall–Kier alpha value is -0.113. The SMILES string of the molecule is CC=[N+](CC)CCCC[Si](C)(C)C. The van der Waals surface area contributed by atoms with Crippen molar-refractivity contribution in [2.75, 3.05) is 13.1 Å². The lowest BCUT2D eigenvalue weighted by Gasteiger charge is -2.14. The van der Waals surface area contributed by atoms with E-state index in [1.165, 1.54) is 25.4 Å². The van der Waals surface area contributed by atoms with Crippen LogP contribution >= 0.6 is 0 Å². The number of rotatable bonds is 6. The van der Waals surface area contributed by atoms with E-state index in [4.69, 9.17) is 0 Å². The van der Waals surface area contributed by atoms with E-state index in [0.717, 1.165) is 6.54 Å². The average molecular weight is 200 g/mol. The van der Waals surface area contributed by atoms with Crippen molar-refractivity contribution in [1.29, 1.82) is 0 Å². The maximum absolute atomic E-state index is 2.45. The van der Waals surface area contributed by atoms with Crippen LogP contribution in [0.4, 0.5) is 0 Å². The zero-order chi connectivity index (χ0) is 10.3. The van der Waals surface area contributed by atoms with Gasteiger partial charge in [0.1, 0.15) is 19.3 Å². The van der Waals surface area contributed by atoms with Gasteiger partial charge < -0.3 is 0 Å². The lowest BCUT2D eigenvalue weighted by atomic mass is 10.3. The second-order valence-electron chi connectivity index (χ2n) is 4.90. The molecule has 0 amide bonds. The molecule has 0 aliphatic rings. The second-order valence-corrected chi connectivity index (χ2v) is 10.5. The van der Waals surface area contributed by atoms with E-state index in [0.29, 0.717) is 0 Å². The molecule has 78 valence electrons. The summed E-state index contributed by atoms with van der Waals surface area (Å²) in [6.07, 6.45) is 4.98. The van der Waals surface area contributed by atoms with Crippen molar-refractivity contribution in [3.05, 3.63) is 0 Å². The molecular formula is C11H26NSi+. The summed E-state index contributed by atoms with van der Waals surface area (Å²) in [5, 5.41) is 0. The second kappa shape index (κ2) is 6.36. The molecule has 0 saturated heterocycles. The fraction of sp³-hybridized carbons (Fsp3) is 0.909. The van der Waals surface area contributed by atoms with E-state index in [1.807, 2.05) is 0 Å². The average Bonchev–Trinajstić information content (AvgIpc) is 2.03. The Bertz CT molecular complexity index is 156. The molecule has 0 aromatic heterocycles. The van der Waals surface area contributed by atoms with E-state index < -0.39 is 8.07 Å². The van der Waals surface area contributed by atoms with Crippen LogP contribution in [-0.2, 0) is 0 Å². The predicted molar refractivity (Wildman–Crippen MR) is 64.8 cm³/mol. The van der Waals surface area contributed by atoms with Crippen molar-refractivity contribution in [1.82, 2.24) is 0 Å². The van der Waals surface area contributed by atoms with Gasteiger partial charge in [-0.25, -0.2) is 4.58 Å². The van der Waals surface area contributed by atoms with E-state index in [9.17, 15) is 0 Å². The number of hydrogen-bond donors (Lipinski definition) is 0. The van der Waals surface area contributed by atoms with Gasteiger partial charge in [-0.05, 0) is 13.3 Å². The predicted octanol–water partition coefficient (Wildman–Crippen LogP) is 3.23. The third-order valence-corrected chi connectivity index (χ3v) is 4.25. The van der Waals surface area contributed by atoms with Crippen LogP contribution in [0.15, 0.2) is 0 Å². The van der Waals surface area contributed by atoms with Gasteiger partial charge in [0.15, 0.2) is 0 Å². The molecule has 0 aliphatic heterocycles. The summed E-state index contributed by atoms with van der Waals surface area (Å²) in [6, 6.07) is 1.48. The first kappa shape index (κ1) is 12.9. The van der Waals surface area contributed by atoms with Crippen molar-refractivity contribution in [3.63, 3.8) is 0 Å². The summed E-state index contributed by atoms with van der Waals surface area (Å²) in [5.41, 5.74) is 0. The Balaban J connectivity index is 3.46. The molecule has 0 N–H and O–H groups in total. The molecular weight excluding hydrogens is 174 g/mol. The zero-order valence-electron chi connectivity index (χ0n) is 10.1. The minimum absolute atomic E-state index is 0.778. The number of nitrogens with zero attached hydrogens (tertiary/aromatic N) is 1. The molecule has 0 bridgehead atoms. The topological polar surface area (TPSA) is 3.01 Å². The molecule has 0 atom stereocenters. The minimum Gasteiger partial charge on any atom is -0.240 e. The van der Waals surface area contributed by atoms with Crippen LogP contribution in [0.5, 0.6) is 0 Å². The van der Waals surface area contributed by atoms with Gasteiger partial charge in [-0.1, -0.05) is 25.7 Å². The third-order valence-electron chi connectivity index (χ3n) is 2.39. The van der Waals surface area contributed by atoms with Crippen LogP contribution in [0.2, 0.25) is 25.7 Å². The Morgan fingerprint density at radius 2 is 1.77 bits per heavy atom. The lowest BCUT2D eigenvalue weighted by molar-refractivity contribution is -0.520. The Morgan fingerprint density at radius 3 is 2.15 bits per heavy atom. The van der Waals surface area contributed by atoms with Crippen molar-refractivity contribution in [2.24, 2.45) is 0 Å². The monoisotopic (exact) mass is 200 g/mol. The molecule has 0 aliphatic carbocycles. The standard InChI is InChI=1S/C11H26NSi/c1-6-12(7-2)10-8-9-11-13(3,4)5/h6H,7-11H2,1-5H3/q+1. The first-order valence-electron chi connectivity index (χ1n) is 5.53. The van der Waals surface area contributed by atoms with Gasteiger partial charge in [-0.15, -0.1) is 0 Å². The van der Waals surface area contributed by atoms with E-state index >= 15 is 0 Å². The highest BCUT2D eigenvalue weighted by Crippen LogP contribution is 2.12. The maximum Gasteiger partial charge on any atom is 0.142 e. The molecule has 0 aromatic carbocycles. The van der Waals surface area contributed by atoms with Gasteiger partial charge in [0.05, 0.1) is 0 Å². The summed E-state index contributed by atoms with van der Waals surface area (Å²) in [5.74, 6) is 0. The van der Waals surface area contributed by atoms with E-state index in [1.54, 1.807) is 0 Å². The minimum atomic E-state index is -0.778. The fourth-order valence-electron chi connectivity index (χ4n) is 1.44. The smallest absolute Gasteiger partial charge is 0.142 e. The number of unbranched alkanes of at least 4 members (excludes halogenated alkanes) is 1. The quantitative estimate of drug-likeness (QED) is 0.268. The summed E-state index contributed by atoms with van der Waals surface area (Å²) < 4.78 is 2.39. The van der Waals surface area contributed by atoms with Crippen molar-refractivity contribution in [2.45, 2.75) is 52.4 Å². The fourth-order valence-corrected chi connectivity index (χ4v) is 2.75. The summed E-state index contributed by atoms with van der Waals surface area (Å²) in [4.78, 5) is 0. The summed E-state index contributed by atoms with van der Waals surface area (Å²) >= 11 is 0. The van der Waals surface area contributed by atoms with Gasteiger partial charge >= 0.3 is 0 Å². The highest BCUT2D eigenvalue weighted by atomic mass is 28.3. The lowest BCUT2D eigenvalue weighted by Crippen LogP contribution is -2.20. The Labute approximate surface area is 84.9 Å². The summed E-state index contributed by atoms with van der Waals surface area (Å²) in [6.45, 7) is 14.1. The molecule has 0 saturated carbocycles. The van der Waals surface area contributed by atoms with Crippen LogP contribution < -0.4 is 0 Å². The largest absolute Gasteiger partial charge is 0.240 e. The molecule has 1 nitrogen and oxygen atoms in total. The van der Waals surface area contributed by atoms with Crippen LogP contribution in [0.25, 0.3) is 0 Å². The normalized spacial score (nSPS) is 13.5. The molecule has 0 heterocycles. The van der Waals surface area contributed by atoms with Crippen molar-refractivity contribution in [3.8, 4) is 0 Å². The first-order valence-corrected chi connectivity index (χ1v) is 9.24. The molecule has 0 unspecified atom stereocenters. The van der Waals surface area contributed by atoms with Crippen LogP contribution in [-0.4, -0.2) is 32.0 Å². The molecule has 0 radical (unpaired) electrons. The van der Waals surface area contributed by atoms with E-state index in [-0.39, 0.29) is 0 Å². The highest BCUT2D eigenvalue weighted by molar-refractivity contribution is 6.76. The van der Waals surface area contributed by atoms with Crippen molar-refractivity contribution >= 4 is 14.3 Å². The van der Waals surface area contributed by atoms with Gasteiger partial charge in [-0.3, -0.25) is 0 Å². The molecule has 0 fully saturated rings. The molecule has 0 spiro atoms. The van der Waals surface area contributed by atoms with Gasteiger partial charge in [0, 0.05) is 21.4 Å². The number of hydrogen-bond acceptors (Lipinski definition) is 0. The molecule has 0 rings (SSSR count). The van der Waals surface area contributed by atoms with Crippen molar-refractivity contribution < 1.29 is 4.58 Å². The molecule has 2 heteroatoms. The third kappa shape index (κ3) is 8.22. The van der Waals surface area contributed by atoms with Crippen LogP contribution in [0, 0.1) is 0 Å². The first-order chi connectivity index (χ1) is 5.99. The molecule has 13 heavy (non-hydrogen) atoms. The van der Waals surface area contributed by atoms with Crippen LogP contribution in [0.1, 0.15) is 26.7 Å². The van der Waals surface area contributed by atoms with Gasteiger partial charge in [0.25, 0.3) is 0 Å². The molecule has 0 aromatic rings. The van der Waals surface area contributed by atoms with E-state index in [2.05, 4.69) is 44.3 Å². The highest BCUT2D eigenvalue weighted by Gasteiger charge is 2.12. The Kier molecular flexibility index (Phi) is 6.30. The summed E-state index contributed by atoms with van der Waals surface area (Å²) in [7, 11) is -0.778. The zero-order valence-corrected chi connectivity index (χ0v) is 11.1. The van der Waals surface area contributed by atoms with Gasteiger partial charge in [0.2, 0.25) is 0 Å². The maximum atomic E-state index is 2.45. The Morgan fingerprint density at radius 1 is 1.15 bits per heavy atom.